The minimum absolute atomic E-state index is 0.107. The highest BCUT2D eigenvalue weighted by molar-refractivity contribution is 7.86. The summed E-state index contributed by atoms with van der Waals surface area (Å²) in [6.45, 7) is 2.27. The van der Waals surface area contributed by atoms with Gasteiger partial charge in [0.05, 0.1) is 6.21 Å². The van der Waals surface area contributed by atoms with Crippen LogP contribution in [0.4, 0.5) is 0 Å². The Morgan fingerprint density at radius 1 is 1.26 bits per heavy atom. The van der Waals surface area contributed by atoms with Crippen LogP contribution in [-0.2, 0) is 19.0 Å². The third-order valence-electron chi connectivity index (χ3n) is 2.79. The summed E-state index contributed by atoms with van der Waals surface area (Å²) in [6.07, 6.45) is 3.12. The molecule has 0 saturated carbocycles. The van der Waals surface area contributed by atoms with Crippen LogP contribution in [0.1, 0.15) is 5.56 Å². The topological polar surface area (TPSA) is 65.0 Å². The SMILES string of the molecule is Cc1ccc(S(=O)(=O)OC2=C3OCC=C3N=C2)cc1. The number of aliphatic imine (C=N–C) groups is 1. The monoisotopic (exact) mass is 277 g/mol. The van der Waals surface area contributed by atoms with Crippen molar-refractivity contribution in [1.82, 2.24) is 0 Å². The zero-order valence-electron chi connectivity index (χ0n) is 10.2. The van der Waals surface area contributed by atoms with Crippen LogP contribution in [0.2, 0.25) is 0 Å². The van der Waals surface area contributed by atoms with Crippen molar-refractivity contribution in [2.45, 2.75) is 11.8 Å². The maximum absolute atomic E-state index is 12.1. The van der Waals surface area contributed by atoms with E-state index in [4.69, 9.17) is 8.92 Å². The van der Waals surface area contributed by atoms with Gasteiger partial charge in [-0.15, -0.1) is 0 Å². The van der Waals surface area contributed by atoms with Gasteiger partial charge in [0.25, 0.3) is 0 Å². The molecule has 0 unspecified atom stereocenters. The molecule has 0 atom stereocenters. The summed E-state index contributed by atoms with van der Waals surface area (Å²) in [5.74, 6) is 0.514. The molecule has 0 amide bonds. The minimum Gasteiger partial charge on any atom is -0.483 e. The van der Waals surface area contributed by atoms with Crippen LogP contribution in [0.3, 0.4) is 0 Å². The van der Waals surface area contributed by atoms with E-state index in [0.29, 0.717) is 18.1 Å². The van der Waals surface area contributed by atoms with Crippen molar-refractivity contribution in [2.24, 2.45) is 4.99 Å². The third-order valence-corrected chi connectivity index (χ3v) is 4.04. The maximum atomic E-state index is 12.1. The predicted octanol–water partition coefficient (Wildman–Crippen LogP) is 1.91. The molecule has 1 aromatic rings. The molecule has 0 aromatic heterocycles. The van der Waals surface area contributed by atoms with Crippen molar-refractivity contribution < 1.29 is 17.3 Å². The number of benzene rings is 1. The zero-order valence-corrected chi connectivity index (χ0v) is 11.0. The van der Waals surface area contributed by atoms with Crippen LogP contribution in [0.15, 0.2) is 57.4 Å². The fourth-order valence-electron chi connectivity index (χ4n) is 1.80. The second-order valence-electron chi connectivity index (χ2n) is 4.20. The van der Waals surface area contributed by atoms with Crippen molar-refractivity contribution in [2.75, 3.05) is 6.61 Å². The average Bonchev–Trinajstić information content (AvgIpc) is 2.95. The molecular weight excluding hydrogens is 266 g/mol. The number of nitrogens with zero attached hydrogens (tertiary/aromatic N) is 1. The van der Waals surface area contributed by atoms with Crippen molar-refractivity contribution in [3.8, 4) is 0 Å². The van der Waals surface area contributed by atoms with E-state index in [0.717, 1.165) is 5.56 Å². The van der Waals surface area contributed by atoms with Crippen LogP contribution in [0.25, 0.3) is 0 Å². The standard InChI is InChI=1S/C13H11NO4S/c1-9-2-4-10(5-3-9)19(15,16)18-12-8-14-11-6-7-17-13(11)12/h2-6,8H,7H2,1H3. The van der Waals surface area contributed by atoms with Crippen LogP contribution >= 0.6 is 0 Å². The average molecular weight is 277 g/mol. The number of hydrogen-bond donors (Lipinski definition) is 0. The smallest absolute Gasteiger partial charge is 0.339 e. The van der Waals surface area contributed by atoms with E-state index in [2.05, 4.69) is 4.99 Å². The summed E-state index contributed by atoms with van der Waals surface area (Å²) in [7, 11) is -3.86. The molecule has 2 heterocycles. The van der Waals surface area contributed by atoms with Gasteiger partial charge in [-0.05, 0) is 25.1 Å². The van der Waals surface area contributed by atoms with Crippen LogP contribution in [0.5, 0.6) is 0 Å². The van der Waals surface area contributed by atoms with Gasteiger partial charge < -0.3 is 8.92 Å². The summed E-state index contributed by atoms with van der Waals surface area (Å²) in [6, 6.07) is 6.45. The van der Waals surface area contributed by atoms with Gasteiger partial charge in [-0.25, -0.2) is 4.99 Å². The molecule has 2 aliphatic heterocycles. The Morgan fingerprint density at radius 3 is 2.74 bits per heavy atom. The van der Waals surface area contributed by atoms with E-state index in [-0.39, 0.29) is 10.7 Å². The van der Waals surface area contributed by atoms with Gasteiger partial charge in [0, 0.05) is 0 Å². The van der Waals surface area contributed by atoms with Crippen molar-refractivity contribution in [3.05, 3.63) is 53.1 Å². The van der Waals surface area contributed by atoms with E-state index >= 15 is 0 Å². The molecule has 0 aliphatic carbocycles. The van der Waals surface area contributed by atoms with Gasteiger partial charge in [-0.3, -0.25) is 0 Å². The molecule has 0 fully saturated rings. The van der Waals surface area contributed by atoms with E-state index in [1.165, 1.54) is 18.3 Å². The van der Waals surface area contributed by atoms with E-state index in [1.807, 2.05) is 6.92 Å². The first-order chi connectivity index (χ1) is 9.06. The lowest BCUT2D eigenvalue weighted by molar-refractivity contribution is 0.259. The second kappa shape index (κ2) is 4.24. The predicted molar refractivity (Wildman–Crippen MR) is 69.0 cm³/mol. The Balaban J connectivity index is 1.91. The van der Waals surface area contributed by atoms with Gasteiger partial charge in [-0.1, -0.05) is 17.7 Å². The molecule has 0 radical (unpaired) electrons. The van der Waals surface area contributed by atoms with E-state index < -0.39 is 10.1 Å². The van der Waals surface area contributed by atoms with Crippen molar-refractivity contribution in [1.29, 1.82) is 0 Å². The molecule has 19 heavy (non-hydrogen) atoms. The van der Waals surface area contributed by atoms with Gasteiger partial charge in [0.2, 0.25) is 5.76 Å². The Bertz CT molecular complexity index is 712. The molecule has 6 heteroatoms. The molecule has 2 aliphatic rings. The number of fused-ring (bicyclic) bond motifs is 1. The molecular formula is C13H11NO4S. The number of aryl methyl sites for hydroxylation is 1. The lowest BCUT2D eigenvalue weighted by Crippen LogP contribution is -2.08. The third kappa shape index (κ3) is 2.15. The highest BCUT2D eigenvalue weighted by Gasteiger charge is 2.27. The van der Waals surface area contributed by atoms with Gasteiger partial charge in [0.1, 0.15) is 17.2 Å². The highest BCUT2D eigenvalue weighted by Crippen LogP contribution is 2.30. The zero-order chi connectivity index (χ0) is 13.5. The highest BCUT2D eigenvalue weighted by atomic mass is 32.2. The molecule has 1 aromatic carbocycles. The number of allylic oxidation sites excluding steroid dienone is 1. The van der Waals surface area contributed by atoms with Crippen molar-refractivity contribution >= 4 is 16.3 Å². The van der Waals surface area contributed by atoms with Crippen LogP contribution in [-0.4, -0.2) is 21.2 Å². The molecule has 3 rings (SSSR count). The summed E-state index contributed by atoms with van der Waals surface area (Å²) >= 11 is 0. The van der Waals surface area contributed by atoms with Gasteiger partial charge in [-0.2, -0.15) is 8.42 Å². The summed E-state index contributed by atoms with van der Waals surface area (Å²) in [4.78, 5) is 4.13. The molecule has 0 N–H and O–H groups in total. The molecule has 5 nitrogen and oxygen atoms in total. The largest absolute Gasteiger partial charge is 0.483 e. The fraction of sp³-hybridized carbons (Fsp3) is 0.154. The summed E-state index contributed by atoms with van der Waals surface area (Å²) < 4.78 is 34.5. The van der Waals surface area contributed by atoms with Gasteiger partial charge in [0.15, 0.2) is 5.76 Å². The number of ether oxygens (including phenoxy) is 1. The minimum atomic E-state index is -3.86. The van der Waals surface area contributed by atoms with E-state index in [1.54, 1.807) is 18.2 Å². The lowest BCUT2D eigenvalue weighted by atomic mass is 10.2. The molecule has 0 bridgehead atoms. The lowest BCUT2D eigenvalue weighted by Gasteiger charge is -2.07. The normalized spacial score (nSPS) is 17.2. The first-order valence-corrected chi connectivity index (χ1v) is 7.10. The Hall–Kier alpha value is -2.08. The van der Waals surface area contributed by atoms with Gasteiger partial charge >= 0.3 is 10.1 Å². The molecule has 0 saturated heterocycles. The van der Waals surface area contributed by atoms with Crippen molar-refractivity contribution in [3.63, 3.8) is 0 Å². The number of rotatable bonds is 3. The van der Waals surface area contributed by atoms with Crippen LogP contribution in [0, 0.1) is 6.92 Å². The molecule has 98 valence electrons. The Labute approximate surface area is 111 Å². The molecule has 0 spiro atoms. The fourth-order valence-corrected chi connectivity index (χ4v) is 2.72. The quantitative estimate of drug-likeness (QED) is 0.792. The Kier molecular flexibility index (Phi) is 2.67. The second-order valence-corrected chi connectivity index (χ2v) is 5.75. The Morgan fingerprint density at radius 2 is 2.00 bits per heavy atom. The summed E-state index contributed by atoms with van der Waals surface area (Å²) in [5.41, 5.74) is 1.60. The summed E-state index contributed by atoms with van der Waals surface area (Å²) in [5, 5.41) is 0. The number of hydrogen-bond acceptors (Lipinski definition) is 5. The maximum Gasteiger partial charge on any atom is 0.339 e. The van der Waals surface area contributed by atoms with Crippen LogP contribution < -0.4 is 0 Å². The first-order valence-electron chi connectivity index (χ1n) is 5.69. The van der Waals surface area contributed by atoms with E-state index in [9.17, 15) is 8.42 Å². The first kappa shape index (κ1) is 12.0.